The lowest BCUT2D eigenvalue weighted by atomic mass is 9.49. The van der Waals surface area contributed by atoms with Gasteiger partial charge in [0.2, 0.25) is 5.91 Å². The van der Waals surface area contributed by atoms with Crippen molar-refractivity contribution in [3.05, 3.63) is 30.1 Å². The molecule has 144 valence electrons. The predicted octanol–water partition coefficient (Wildman–Crippen LogP) is 3.02. The van der Waals surface area contributed by atoms with E-state index in [9.17, 15) is 9.59 Å². The van der Waals surface area contributed by atoms with E-state index in [-0.39, 0.29) is 17.4 Å². The van der Waals surface area contributed by atoms with E-state index in [1.807, 2.05) is 4.90 Å². The number of pyridine rings is 1. The van der Waals surface area contributed by atoms with Crippen molar-refractivity contribution in [2.75, 3.05) is 13.1 Å². The Hall–Kier alpha value is -1.91. The van der Waals surface area contributed by atoms with Crippen molar-refractivity contribution in [1.82, 2.24) is 15.2 Å². The van der Waals surface area contributed by atoms with Gasteiger partial charge in [-0.3, -0.25) is 14.6 Å². The number of nitrogens with one attached hydrogen (secondary N) is 1. The van der Waals surface area contributed by atoms with Crippen molar-refractivity contribution >= 4 is 11.8 Å². The SMILES string of the molecule is O=C(c1ccncc1)N1CCC(NC(=O)C23CC4CC(CC(C4)C2)C3)CC1. The molecule has 5 fully saturated rings. The number of hydrogen-bond acceptors (Lipinski definition) is 3. The lowest BCUT2D eigenvalue weighted by molar-refractivity contribution is -0.147. The summed E-state index contributed by atoms with van der Waals surface area (Å²) in [6, 6.07) is 3.75. The summed E-state index contributed by atoms with van der Waals surface area (Å²) in [6.45, 7) is 1.43. The van der Waals surface area contributed by atoms with Gasteiger partial charge in [0.1, 0.15) is 0 Å². The minimum Gasteiger partial charge on any atom is -0.353 e. The molecule has 1 aromatic heterocycles. The summed E-state index contributed by atoms with van der Waals surface area (Å²) in [5, 5.41) is 3.39. The molecule has 0 spiro atoms. The molecule has 5 aliphatic rings. The highest BCUT2D eigenvalue weighted by Gasteiger charge is 2.54. The normalized spacial score (nSPS) is 35.3. The summed E-state index contributed by atoms with van der Waals surface area (Å²) in [6.07, 6.45) is 12.5. The highest BCUT2D eigenvalue weighted by atomic mass is 16.2. The Bertz CT molecular complexity index is 689. The predicted molar refractivity (Wildman–Crippen MR) is 102 cm³/mol. The second-order valence-corrected chi connectivity index (χ2v) is 9.47. The van der Waals surface area contributed by atoms with E-state index >= 15 is 0 Å². The molecule has 4 aliphatic carbocycles. The second kappa shape index (κ2) is 6.61. The molecule has 1 saturated heterocycles. The zero-order chi connectivity index (χ0) is 18.4. The third-order valence-corrected chi connectivity index (χ3v) is 7.56. The van der Waals surface area contributed by atoms with Gasteiger partial charge in [0.15, 0.2) is 0 Å². The zero-order valence-corrected chi connectivity index (χ0v) is 15.9. The van der Waals surface area contributed by atoms with Crippen LogP contribution in [0.1, 0.15) is 61.7 Å². The molecule has 5 heteroatoms. The Labute approximate surface area is 160 Å². The van der Waals surface area contributed by atoms with Crippen molar-refractivity contribution in [1.29, 1.82) is 0 Å². The van der Waals surface area contributed by atoms with E-state index in [0.717, 1.165) is 49.9 Å². The third-order valence-electron chi connectivity index (χ3n) is 7.56. The van der Waals surface area contributed by atoms with Crippen LogP contribution >= 0.6 is 0 Å². The van der Waals surface area contributed by atoms with Gasteiger partial charge < -0.3 is 10.2 Å². The van der Waals surface area contributed by atoms with Gasteiger partial charge in [0.05, 0.1) is 0 Å². The number of nitrogens with zero attached hydrogens (tertiary/aromatic N) is 2. The van der Waals surface area contributed by atoms with Gasteiger partial charge in [0, 0.05) is 42.5 Å². The van der Waals surface area contributed by atoms with Crippen LogP contribution in [0.25, 0.3) is 0 Å². The number of likely N-dealkylation sites (tertiary alicyclic amines) is 1. The molecule has 0 unspecified atom stereocenters. The van der Waals surface area contributed by atoms with Crippen LogP contribution in [0, 0.1) is 23.2 Å². The summed E-state index contributed by atoms with van der Waals surface area (Å²) in [7, 11) is 0. The molecule has 0 aromatic carbocycles. The van der Waals surface area contributed by atoms with Gasteiger partial charge in [-0.25, -0.2) is 0 Å². The lowest BCUT2D eigenvalue weighted by Crippen LogP contribution is -2.56. The molecule has 5 nitrogen and oxygen atoms in total. The highest BCUT2D eigenvalue weighted by molar-refractivity contribution is 5.94. The largest absolute Gasteiger partial charge is 0.353 e. The van der Waals surface area contributed by atoms with E-state index in [1.54, 1.807) is 24.5 Å². The van der Waals surface area contributed by atoms with Gasteiger partial charge in [-0.1, -0.05) is 0 Å². The average Bonchev–Trinajstić information content (AvgIpc) is 2.68. The number of carbonyl (C=O) groups excluding carboxylic acids is 2. The first-order valence-corrected chi connectivity index (χ1v) is 10.6. The van der Waals surface area contributed by atoms with Crippen LogP contribution in [0.5, 0.6) is 0 Å². The quantitative estimate of drug-likeness (QED) is 0.893. The number of aromatic nitrogens is 1. The van der Waals surface area contributed by atoms with Crippen molar-refractivity contribution in [3.8, 4) is 0 Å². The molecule has 0 atom stereocenters. The second-order valence-electron chi connectivity index (χ2n) is 9.47. The molecule has 4 bridgehead atoms. The molecule has 27 heavy (non-hydrogen) atoms. The summed E-state index contributed by atoms with van der Waals surface area (Å²) in [4.78, 5) is 31.7. The van der Waals surface area contributed by atoms with Crippen molar-refractivity contribution in [2.24, 2.45) is 23.2 Å². The Morgan fingerprint density at radius 2 is 1.52 bits per heavy atom. The molecule has 1 N–H and O–H groups in total. The van der Waals surface area contributed by atoms with Crippen molar-refractivity contribution in [3.63, 3.8) is 0 Å². The number of rotatable bonds is 3. The number of carbonyl (C=O) groups is 2. The Morgan fingerprint density at radius 1 is 0.963 bits per heavy atom. The van der Waals surface area contributed by atoms with E-state index < -0.39 is 0 Å². The fraction of sp³-hybridized carbons (Fsp3) is 0.682. The first-order valence-electron chi connectivity index (χ1n) is 10.6. The van der Waals surface area contributed by atoms with Crippen LogP contribution < -0.4 is 5.32 Å². The van der Waals surface area contributed by atoms with Crippen LogP contribution in [0.4, 0.5) is 0 Å². The van der Waals surface area contributed by atoms with Gasteiger partial charge in [-0.2, -0.15) is 0 Å². The Balaban J connectivity index is 1.18. The first-order chi connectivity index (χ1) is 13.1. The van der Waals surface area contributed by atoms with Crippen LogP contribution in [0.15, 0.2) is 24.5 Å². The van der Waals surface area contributed by atoms with E-state index in [4.69, 9.17) is 0 Å². The minimum absolute atomic E-state index is 0.0707. The fourth-order valence-electron chi connectivity index (χ4n) is 6.63. The summed E-state index contributed by atoms with van der Waals surface area (Å²) >= 11 is 0. The maximum absolute atomic E-state index is 13.2. The molecule has 0 radical (unpaired) electrons. The molecule has 4 saturated carbocycles. The van der Waals surface area contributed by atoms with Crippen LogP contribution in [-0.4, -0.2) is 40.8 Å². The van der Waals surface area contributed by atoms with E-state index in [1.165, 1.54) is 19.3 Å². The Kier molecular flexibility index (Phi) is 4.21. The molecule has 2 heterocycles. The van der Waals surface area contributed by atoms with Crippen molar-refractivity contribution in [2.45, 2.75) is 57.4 Å². The minimum atomic E-state index is -0.0707. The molecular weight excluding hydrogens is 338 g/mol. The topological polar surface area (TPSA) is 62.3 Å². The smallest absolute Gasteiger partial charge is 0.253 e. The van der Waals surface area contributed by atoms with Gasteiger partial charge >= 0.3 is 0 Å². The van der Waals surface area contributed by atoms with Crippen LogP contribution in [0.3, 0.4) is 0 Å². The zero-order valence-electron chi connectivity index (χ0n) is 15.9. The molecule has 6 rings (SSSR count). The first kappa shape index (κ1) is 17.2. The Morgan fingerprint density at radius 3 is 2.07 bits per heavy atom. The van der Waals surface area contributed by atoms with Gasteiger partial charge in [-0.15, -0.1) is 0 Å². The third kappa shape index (κ3) is 3.15. The maximum atomic E-state index is 13.2. The van der Waals surface area contributed by atoms with E-state index in [0.29, 0.717) is 24.6 Å². The maximum Gasteiger partial charge on any atom is 0.253 e. The molecule has 1 aromatic rings. The molecule has 1 aliphatic heterocycles. The standard InChI is InChI=1S/C22H29N3O2/c26-20(18-1-5-23-6-2-18)25-7-3-19(4-8-25)24-21(27)22-12-15-9-16(13-22)11-17(10-15)14-22/h1-2,5-6,15-17,19H,3-4,7-14H2,(H,24,27). The number of amides is 2. The lowest BCUT2D eigenvalue weighted by Gasteiger charge is -2.56. The number of hydrogen-bond donors (Lipinski definition) is 1. The van der Waals surface area contributed by atoms with Gasteiger partial charge in [0.25, 0.3) is 5.91 Å². The fourth-order valence-corrected chi connectivity index (χ4v) is 6.63. The summed E-state index contributed by atoms with van der Waals surface area (Å²) in [5.74, 6) is 2.77. The van der Waals surface area contributed by atoms with Crippen molar-refractivity contribution < 1.29 is 9.59 Å². The molecular formula is C22H29N3O2. The van der Waals surface area contributed by atoms with Crippen LogP contribution in [0.2, 0.25) is 0 Å². The van der Waals surface area contributed by atoms with Gasteiger partial charge in [-0.05, 0) is 81.3 Å². The highest BCUT2D eigenvalue weighted by Crippen LogP contribution is 2.60. The molecule has 2 amide bonds. The average molecular weight is 367 g/mol. The summed E-state index contributed by atoms with van der Waals surface area (Å²) < 4.78 is 0. The monoisotopic (exact) mass is 367 g/mol. The summed E-state index contributed by atoms with van der Waals surface area (Å²) in [5.41, 5.74) is 0.625. The van der Waals surface area contributed by atoms with E-state index in [2.05, 4.69) is 10.3 Å². The van der Waals surface area contributed by atoms with Crippen LogP contribution in [-0.2, 0) is 4.79 Å². The number of piperidine rings is 1.